The number of benzene rings is 1. The molecule has 3 nitrogen and oxygen atoms in total. The fourth-order valence-electron chi connectivity index (χ4n) is 0.931. The predicted octanol–water partition coefficient (Wildman–Crippen LogP) is 0.642. The van der Waals surface area contributed by atoms with E-state index in [4.69, 9.17) is 5.11 Å². The molecule has 0 saturated carbocycles. The van der Waals surface area contributed by atoms with Crippen LogP contribution < -0.4 is 0 Å². The van der Waals surface area contributed by atoms with E-state index in [0.717, 1.165) is 0 Å². The molecule has 0 amide bonds. The van der Waals surface area contributed by atoms with Crippen LogP contribution in [0, 0.1) is 0 Å². The lowest BCUT2D eigenvalue weighted by molar-refractivity contribution is 0.111. The monoisotopic (exact) mass is 163 g/mol. The lowest BCUT2D eigenvalue weighted by atomic mass is 10.0. The van der Waals surface area contributed by atoms with Crippen molar-refractivity contribution in [3.05, 3.63) is 35.4 Å². The van der Waals surface area contributed by atoms with Crippen LogP contribution in [0.2, 0.25) is 0 Å². The van der Waals surface area contributed by atoms with E-state index in [-0.39, 0.29) is 0 Å². The molecular weight excluding hydrogens is 156 g/mol. The van der Waals surface area contributed by atoms with Crippen molar-refractivity contribution >= 4 is 12.6 Å². The largest absolute Gasteiger partial charge is 0.380 e. The Morgan fingerprint density at radius 1 is 1.42 bits per heavy atom. The molecule has 1 atom stereocenters. The molecule has 61 valence electrons. The van der Waals surface area contributed by atoms with Gasteiger partial charge in [0.15, 0.2) is 0 Å². The number of aliphatic hydroxyl groups excluding tert-OH is 1. The van der Waals surface area contributed by atoms with Crippen LogP contribution in [0.5, 0.6) is 0 Å². The van der Waals surface area contributed by atoms with Crippen LogP contribution in [0.4, 0.5) is 0 Å². The molecule has 0 fully saturated rings. The number of hydrogen-bond donors (Lipinski definition) is 1. The normalized spacial score (nSPS) is 12.1. The lowest BCUT2D eigenvalue weighted by Crippen LogP contribution is -2.01. The highest BCUT2D eigenvalue weighted by Crippen LogP contribution is 2.13. The molecule has 0 aromatic heterocycles. The van der Waals surface area contributed by atoms with Gasteiger partial charge in [-0.1, -0.05) is 24.3 Å². The number of hydrogen-bond acceptors (Lipinski definition) is 3. The first-order valence-electron chi connectivity index (χ1n) is 3.39. The Hall–Kier alpha value is -1.48. The van der Waals surface area contributed by atoms with Crippen molar-refractivity contribution in [3.8, 4) is 0 Å². The summed E-state index contributed by atoms with van der Waals surface area (Å²) in [5.41, 5.74) is 0.607. The zero-order chi connectivity index (χ0) is 8.97. The SMILES string of the molecule is O=[C]C(O)c1ccccc1C=O. The number of aldehydes is 1. The van der Waals surface area contributed by atoms with Gasteiger partial charge in [0.05, 0.1) is 0 Å². The quantitative estimate of drug-likeness (QED) is 0.665. The second-order valence-electron chi connectivity index (χ2n) is 2.27. The summed E-state index contributed by atoms with van der Waals surface area (Å²) in [7, 11) is 0. The Kier molecular flexibility index (Phi) is 2.71. The standard InChI is InChI=1S/C9H7O3/c10-5-7-3-1-2-4-8(7)9(12)6-11/h1-5,9,12H. The molecule has 0 saturated heterocycles. The maximum Gasteiger partial charge on any atom is 0.234 e. The molecule has 1 aromatic carbocycles. The summed E-state index contributed by atoms with van der Waals surface area (Å²) in [5, 5.41) is 9.06. The first-order valence-corrected chi connectivity index (χ1v) is 3.39. The van der Waals surface area contributed by atoms with Gasteiger partial charge in [-0.05, 0) is 5.56 Å². The molecule has 0 bridgehead atoms. The average Bonchev–Trinajstić information content (AvgIpc) is 2.16. The van der Waals surface area contributed by atoms with Gasteiger partial charge >= 0.3 is 0 Å². The van der Waals surface area contributed by atoms with Gasteiger partial charge in [0, 0.05) is 5.56 Å². The molecule has 0 aliphatic rings. The Morgan fingerprint density at radius 2 is 2.08 bits per heavy atom. The van der Waals surface area contributed by atoms with E-state index in [2.05, 4.69) is 0 Å². The van der Waals surface area contributed by atoms with Crippen molar-refractivity contribution in [1.29, 1.82) is 0 Å². The Labute approximate surface area is 69.6 Å². The van der Waals surface area contributed by atoms with E-state index >= 15 is 0 Å². The van der Waals surface area contributed by atoms with Crippen molar-refractivity contribution in [2.45, 2.75) is 6.10 Å². The van der Waals surface area contributed by atoms with Crippen LogP contribution >= 0.6 is 0 Å². The molecule has 1 radical (unpaired) electrons. The van der Waals surface area contributed by atoms with Gasteiger partial charge in [0.2, 0.25) is 6.29 Å². The summed E-state index contributed by atoms with van der Waals surface area (Å²) in [6, 6.07) is 6.34. The number of rotatable bonds is 3. The molecule has 3 heteroatoms. The van der Waals surface area contributed by atoms with Gasteiger partial charge < -0.3 is 5.11 Å². The van der Waals surface area contributed by atoms with Gasteiger partial charge in [-0.15, -0.1) is 0 Å². The van der Waals surface area contributed by atoms with Crippen LogP contribution in [0.25, 0.3) is 0 Å². The molecule has 1 rings (SSSR count). The predicted molar refractivity (Wildman–Crippen MR) is 42.5 cm³/mol. The smallest absolute Gasteiger partial charge is 0.234 e. The fraction of sp³-hybridized carbons (Fsp3) is 0.111. The molecule has 12 heavy (non-hydrogen) atoms. The van der Waals surface area contributed by atoms with Gasteiger partial charge in [0.1, 0.15) is 12.4 Å². The van der Waals surface area contributed by atoms with Gasteiger partial charge in [-0.2, -0.15) is 0 Å². The number of carbonyl (C=O) groups is 1. The first-order chi connectivity index (χ1) is 5.79. The lowest BCUT2D eigenvalue weighted by Gasteiger charge is -2.03. The van der Waals surface area contributed by atoms with Crippen LogP contribution in [-0.2, 0) is 4.79 Å². The third-order valence-electron chi connectivity index (χ3n) is 1.53. The number of aliphatic hydroxyl groups is 1. The van der Waals surface area contributed by atoms with Crippen LogP contribution in [0.15, 0.2) is 24.3 Å². The average molecular weight is 163 g/mol. The third kappa shape index (κ3) is 1.57. The molecule has 1 N–H and O–H groups in total. The zero-order valence-electron chi connectivity index (χ0n) is 6.23. The minimum absolute atomic E-state index is 0.294. The minimum Gasteiger partial charge on any atom is -0.380 e. The maximum atomic E-state index is 10.4. The van der Waals surface area contributed by atoms with Crippen LogP contribution in [0.1, 0.15) is 22.0 Å². The second kappa shape index (κ2) is 3.78. The molecule has 1 aromatic rings. The number of carbonyl (C=O) groups excluding carboxylic acids is 2. The summed E-state index contributed by atoms with van der Waals surface area (Å²) in [5.74, 6) is 0. The Morgan fingerprint density at radius 3 is 2.67 bits per heavy atom. The molecule has 0 aliphatic carbocycles. The van der Waals surface area contributed by atoms with Gasteiger partial charge in [-0.25, -0.2) is 0 Å². The van der Waals surface area contributed by atoms with Crippen molar-refractivity contribution in [3.63, 3.8) is 0 Å². The van der Waals surface area contributed by atoms with Crippen molar-refractivity contribution < 1.29 is 14.7 Å². The Balaban J connectivity index is 3.12. The topological polar surface area (TPSA) is 54.4 Å². The zero-order valence-corrected chi connectivity index (χ0v) is 6.23. The summed E-state index contributed by atoms with van der Waals surface area (Å²) in [6.07, 6.45) is 0.668. The highest BCUT2D eigenvalue weighted by atomic mass is 16.3. The molecule has 0 aliphatic heterocycles. The van der Waals surface area contributed by atoms with Crippen molar-refractivity contribution in [1.82, 2.24) is 0 Å². The summed E-state index contributed by atoms with van der Waals surface area (Å²) >= 11 is 0. The highest BCUT2D eigenvalue weighted by molar-refractivity contribution is 5.79. The minimum atomic E-state index is -1.33. The van der Waals surface area contributed by atoms with Crippen molar-refractivity contribution in [2.75, 3.05) is 0 Å². The van der Waals surface area contributed by atoms with Gasteiger partial charge in [-0.3, -0.25) is 9.59 Å². The molecular formula is C9H7O3. The van der Waals surface area contributed by atoms with E-state index < -0.39 is 6.10 Å². The van der Waals surface area contributed by atoms with E-state index in [1.165, 1.54) is 18.4 Å². The summed E-state index contributed by atoms with van der Waals surface area (Å²) in [6.45, 7) is 0. The highest BCUT2D eigenvalue weighted by Gasteiger charge is 2.10. The van der Waals surface area contributed by atoms with E-state index in [0.29, 0.717) is 17.4 Å². The summed E-state index contributed by atoms with van der Waals surface area (Å²) < 4.78 is 0. The third-order valence-corrected chi connectivity index (χ3v) is 1.53. The van der Waals surface area contributed by atoms with Crippen molar-refractivity contribution in [2.24, 2.45) is 0 Å². The van der Waals surface area contributed by atoms with E-state index in [1.54, 1.807) is 12.1 Å². The second-order valence-corrected chi connectivity index (χ2v) is 2.27. The Bertz CT molecular complexity index is 294. The van der Waals surface area contributed by atoms with E-state index in [1.807, 2.05) is 0 Å². The first kappa shape index (κ1) is 8.62. The summed E-state index contributed by atoms with van der Waals surface area (Å²) in [4.78, 5) is 20.5. The fourth-order valence-corrected chi connectivity index (χ4v) is 0.931. The maximum absolute atomic E-state index is 10.4. The van der Waals surface area contributed by atoms with Gasteiger partial charge in [0.25, 0.3) is 0 Å². The van der Waals surface area contributed by atoms with Crippen LogP contribution in [0.3, 0.4) is 0 Å². The molecule has 0 heterocycles. The molecule has 1 unspecified atom stereocenters. The molecule has 0 spiro atoms. The van der Waals surface area contributed by atoms with E-state index in [9.17, 15) is 9.59 Å². The van der Waals surface area contributed by atoms with Crippen LogP contribution in [-0.4, -0.2) is 17.7 Å².